The molecule has 2 N–H and O–H groups in total. The van der Waals surface area contributed by atoms with Crippen LogP contribution in [-0.4, -0.2) is 56.1 Å². The normalized spacial score (nSPS) is 11.6. The first-order valence-electron chi connectivity index (χ1n) is 11.3. The summed E-state index contributed by atoms with van der Waals surface area (Å²) < 4.78 is 6.10. The maximum absolute atomic E-state index is 13.1. The van der Waals surface area contributed by atoms with Crippen LogP contribution in [0.25, 0.3) is 11.8 Å². The number of nitrogens with zero attached hydrogens (tertiary/aromatic N) is 5. The number of carbonyl (C=O) groups is 3. The number of rotatable bonds is 9. The summed E-state index contributed by atoms with van der Waals surface area (Å²) in [5, 5.41) is 17.0. The number of esters is 1. The van der Waals surface area contributed by atoms with Crippen LogP contribution in [0.2, 0.25) is 5.02 Å². The molecule has 2 aromatic carbocycles. The second-order valence-electron chi connectivity index (χ2n) is 7.95. The van der Waals surface area contributed by atoms with Gasteiger partial charge in [-0.3, -0.25) is 9.59 Å². The van der Waals surface area contributed by atoms with E-state index in [2.05, 4.69) is 35.9 Å². The van der Waals surface area contributed by atoms with Crippen LogP contribution < -0.4 is 10.6 Å². The summed E-state index contributed by atoms with van der Waals surface area (Å²) in [5.74, 6) is -1.31. The van der Waals surface area contributed by atoms with Crippen LogP contribution in [0.4, 0.5) is 5.82 Å². The Hall–Kier alpha value is -4.90. The number of aromatic nitrogens is 5. The molecule has 1 atom stereocenters. The van der Waals surface area contributed by atoms with Gasteiger partial charge in [-0.25, -0.2) is 9.78 Å². The van der Waals surface area contributed by atoms with Gasteiger partial charge in [0.2, 0.25) is 11.8 Å². The van der Waals surface area contributed by atoms with Gasteiger partial charge in [0.05, 0.1) is 18.4 Å². The standard InChI is InChI=1S/C26H22ClN7O4/c1-38-26(37)19-7-11-23(28-15-19)31-25(36)21(13-17-5-3-2-4-6-17)30-24(35)12-8-18-14-20(27)9-10-22(18)34-16-29-32-33-34/h2-12,14-16,21H,13H2,1H3,(H,30,35)(H,28,31,36)/t21-/m0/s1. The molecular weight excluding hydrogens is 510 g/mol. The number of benzene rings is 2. The average Bonchev–Trinajstić information content (AvgIpc) is 3.47. The molecule has 0 saturated heterocycles. The summed E-state index contributed by atoms with van der Waals surface area (Å²) in [6.45, 7) is 0. The van der Waals surface area contributed by atoms with Gasteiger partial charge in [0, 0.05) is 29.3 Å². The van der Waals surface area contributed by atoms with E-state index in [4.69, 9.17) is 11.6 Å². The maximum atomic E-state index is 13.1. The Morgan fingerprint density at radius 3 is 2.61 bits per heavy atom. The van der Waals surface area contributed by atoms with E-state index in [0.717, 1.165) is 5.56 Å². The minimum Gasteiger partial charge on any atom is -0.465 e. The molecule has 4 aromatic rings. The van der Waals surface area contributed by atoms with E-state index in [9.17, 15) is 14.4 Å². The lowest BCUT2D eigenvalue weighted by Crippen LogP contribution is -2.44. The molecule has 0 aliphatic carbocycles. The first-order chi connectivity index (χ1) is 18.4. The van der Waals surface area contributed by atoms with Crippen molar-refractivity contribution in [3.8, 4) is 5.69 Å². The van der Waals surface area contributed by atoms with E-state index in [1.165, 1.54) is 42.5 Å². The number of ether oxygens (including phenoxy) is 1. The zero-order valence-electron chi connectivity index (χ0n) is 20.1. The van der Waals surface area contributed by atoms with Crippen molar-refractivity contribution < 1.29 is 19.1 Å². The Bertz CT molecular complexity index is 1440. The molecule has 2 heterocycles. The molecule has 192 valence electrons. The fourth-order valence-electron chi connectivity index (χ4n) is 3.50. The lowest BCUT2D eigenvalue weighted by Gasteiger charge is -2.18. The molecular formula is C26H22ClN7O4. The molecule has 0 aliphatic rings. The van der Waals surface area contributed by atoms with E-state index in [0.29, 0.717) is 16.3 Å². The lowest BCUT2D eigenvalue weighted by molar-refractivity contribution is -0.123. The van der Waals surface area contributed by atoms with Crippen molar-refractivity contribution in [2.75, 3.05) is 12.4 Å². The van der Waals surface area contributed by atoms with E-state index in [-0.39, 0.29) is 17.8 Å². The Balaban J connectivity index is 1.51. The predicted molar refractivity (Wildman–Crippen MR) is 139 cm³/mol. The molecule has 0 bridgehead atoms. The summed E-state index contributed by atoms with van der Waals surface area (Å²) in [7, 11) is 1.27. The van der Waals surface area contributed by atoms with Gasteiger partial charge in [0.1, 0.15) is 18.2 Å². The van der Waals surface area contributed by atoms with Crippen molar-refractivity contribution in [2.24, 2.45) is 0 Å². The van der Waals surface area contributed by atoms with Crippen molar-refractivity contribution in [3.05, 3.63) is 101 Å². The van der Waals surface area contributed by atoms with Crippen molar-refractivity contribution in [1.82, 2.24) is 30.5 Å². The minimum absolute atomic E-state index is 0.218. The van der Waals surface area contributed by atoms with E-state index < -0.39 is 23.8 Å². The minimum atomic E-state index is -0.921. The van der Waals surface area contributed by atoms with Gasteiger partial charge in [-0.2, -0.15) is 4.68 Å². The molecule has 0 unspecified atom stereocenters. The number of methoxy groups -OCH3 is 1. The lowest BCUT2D eigenvalue weighted by atomic mass is 10.0. The molecule has 4 rings (SSSR count). The number of anilines is 1. The number of amides is 2. The monoisotopic (exact) mass is 531 g/mol. The largest absolute Gasteiger partial charge is 0.465 e. The highest BCUT2D eigenvalue weighted by Crippen LogP contribution is 2.20. The Morgan fingerprint density at radius 2 is 1.92 bits per heavy atom. The molecule has 38 heavy (non-hydrogen) atoms. The quantitative estimate of drug-likeness (QED) is 0.248. The summed E-state index contributed by atoms with van der Waals surface area (Å²) in [5.41, 5.74) is 2.30. The third kappa shape index (κ3) is 6.86. The molecule has 0 aliphatic heterocycles. The number of pyridine rings is 1. The first-order valence-corrected chi connectivity index (χ1v) is 11.7. The summed E-state index contributed by atoms with van der Waals surface area (Å²) >= 11 is 6.14. The Morgan fingerprint density at radius 1 is 1.11 bits per heavy atom. The molecule has 0 fully saturated rings. The number of halogens is 1. The van der Waals surface area contributed by atoms with Crippen LogP contribution in [0.1, 0.15) is 21.5 Å². The highest BCUT2D eigenvalue weighted by atomic mass is 35.5. The molecule has 2 amide bonds. The second kappa shape index (κ2) is 12.4. The molecule has 11 nitrogen and oxygen atoms in total. The first kappa shape index (κ1) is 26.2. The van der Waals surface area contributed by atoms with Gasteiger partial charge in [0.25, 0.3) is 0 Å². The van der Waals surface area contributed by atoms with Gasteiger partial charge < -0.3 is 15.4 Å². The SMILES string of the molecule is COC(=O)c1ccc(NC(=O)[C@H](Cc2ccccc2)NC(=O)C=Cc2cc(Cl)ccc2-n2cnnn2)nc1. The Labute approximate surface area is 222 Å². The van der Waals surface area contributed by atoms with Crippen LogP contribution in [0.5, 0.6) is 0 Å². The maximum Gasteiger partial charge on any atom is 0.339 e. The van der Waals surface area contributed by atoms with Crippen LogP contribution in [-0.2, 0) is 20.7 Å². The summed E-state index contributed by atoms with van der Waals surface area (Å²) in [4.78, 5) is 41.7. The predicted octanol–water partition coefficient (Wildman–Crippen LogP) is 2.88. The molecule has 0 saturated carbocycles. The third-order valence-electron chi connectivity index (χ3n) is 5.35. The highest BCUT2D eigenvalue weighted by molar-refractivity contribution is 6.30. The van der Waals surface area contributed by atoms with Crippen LogP contribution in [0, 0.1) is 0 Å². The highest BCUT2D eigenvalue weighted by Gasteiger charge is 2.21. The molecule has 12 heteroatoms. The van der Waals surface area contributed by atoms with E-state index in [1.54, 1.807) is 24.3 Å². The van der Waals surface area contributed by atoms with E-state index in [1.807, 2.05) is 30.3 Å². The van der Waals surface area contributed by atoms with Crippen molar-refractivity contribution >= 4 is 41.3 Å². The van der Waals surface area contributed by atoms with E-state index >= 15 is 0 Å². The zero-order chi connectivity index (χ0) is 26.9. The number of tetrazole rings is 1. The van der Waals surface area contributed by atoms with Crippen LogP contribution in [0.15, 0.2) is 79.3 Å². The summed E-state index contributed by atoms with van der Waals surface area (Å²) in [6, 6.07) is 16.4. The van der Waals surface area contributed by atoms with Crippen molar-refractivity contribution in [1.29, 1.82) is 0 Å². The second-order valence-corrected chi connectivity index (χ2v) is 8.39. The molecule has 2 aromatic heterocycles. The van der Waals surface area contributed by atoms with Gasteiger partial charge in [-0.1, -0.05) is 41.9 Å². The van der Waals surface area contributed by atoms with Crippen LogP contribution in [0.3, 0.4) is 0 Å². The number of nitrogens with one attached hydrogen (secondary N) is 2. The van der Waals surface area contributed by atoms with Gasteiger partial charge >= 0.3 is 5.97 Å². The topological polar surface area (TPSA) is 141 Å². The molecule has 0 radical (unpaired) electrons. The number of hydrogen-bond acceptors (Lipinski definition) is 8. The summed E-state index contributed by atoms with van der Waals surface area (Å²) in [6.07, 6.45) is 5.81. The van der Waals surface area contributed by atoms with Gasteiger partial charge in [0.15, 0.2) is 0 Å². The smallest absolute Gasteiger partial charge is 0.339 e. The third-order valence-corrected chi connectivity index (χ3v) is 5.59. The van der Waals surface area contributed by atoms with Crippen LogP contribution >= 0.6 is 11.6 Å². The fourth-order valence-corrected chi connectivity index (χ4v) is 3.68. The average molecular weight is 532 g/mol. The number of carbonyl (C=O) groups excluding carboxylic acids is 3. The fraction of sp³-hybridized carbons (Fsp3) is 0.115. The van der Waals surface area contributed by atoms with Crippen molar-refractivity contribution in [2.45, 2.75) is 12.5 Å². The Kier molecular flexibility index (Phi) is 8.52. The number of hydrogen-bond donors (Lipinski definition) is 2. The van der Waals surface area contributed by atoms with Crippen molar-refractivity contribution in [3.63, 3.8) is 0 Å². The molecule has 0 spiro atoms. The van der Waals surface area contributed by atoms with Gasteiger partial charge in [-0.05, 0) is 52.4 Å². The van der Waals surface area contributed by atoms with Gasteiger partial charge in [-0.15, -0.1) is 5.10 Å². The zero-order valence-corrected chi connectivity index (χ0v) is 20.9.